The predicted molar refractivity (Wildman–Crippen MR) is 70.9 cm³/mol. The minimum Gasteiger partial charge on any atom is -0.332 e. The summed E-state index contributed by atoms with van der Waals surface area (Å²) in [7, 11) is 0. The van der Waals surface area contributed by atoms with E-state index < -0.39 is 0 Å². The largest absolute Gasteiger partial charge is 0.332 e. The Morgan fingerprint density at radius 1 is 1.12 bits per heavy atom. The van der Waals surface area contributed by atoms with Gasteiger partial charge in [-0.15, -0.1) is 0 Å². The van der Waals surface area contributed by atoms with Crippen LogP contribution in [-0.2, 0) is 6.54 Å². The molecule has 1 unspecified atom stereocenters. The summed E-state index contributed by atoms with van der Waals surface area (Å²) in [5, 5.41) is 0. The zero-order chi connectivity index (χ0) is 12.8. The number of hydrogen-bond donors (Lipinski definition) is 0. The lowest BCUT2D eigenvalue weighted by Crippen LogP contribution is -2.52. The van der Waals surface area contributed by atoms with E-state index in [2.05, 4.69) is 62.2 Å². The van der Waals surface area contributed by atoms with Gasteiger partial charge in [-0.05, 0) is 26.2 Å². The molecule has 0 N–H and O–H groups in total. The highest BCUT2D eigenvalue weighted by Gasteiger charge is 2.41. The zero-order valence-electron chi connectivity index (χ0n) is 12.0. The van der Waals surface area contributed by atoms with Gasteiger partial charge in [0.2, 0.25) is 0 Å². The van der Waals surface area contributed by atoms with Crippen molar-refractivity contribution in [3.05, 3.63) is 18.2 Å². The van der Waals surface area contributed by atoms with Crippen LogP contribution in [-0.4, -0.2) is 26.5 Å². The normalized spacial score (nSPS) is 22.6. The Bertz CT molecular complexity index is 392. The van der Waals surface area contributed by atoms with Crippen LogP contribution in [0.4, 0.5) is 0 Å². The van der Waals surface area contributed by atoms with E-state index >= 15 is 0 Å². The summed E-state index contributed by atoms with van der Waals surface area (Å²) in [4.78, 5) is 7.18. The van der Waals surface area contributed by atoms with Gasteiger partial charge in [-0.2, -0.15) is 0 Å². The van der Waals surface area contributed by atoms with Crippen molar-refractivity contribution in [1.29, 1.82) is 0 Å². The first kappa shape index (κ1) is 12.6. The van der Waals surface area contributed by atoms with Crippen LogP contribution in [0.15, 0.2) is 12.4 Å². The zero-order valence-corrected chi connectivity index (χ0v) is 12.0. The summed E-state index contributed by atoms with van der Waals surface area (Å²) >= 11 is 0. The van der Waals surface area contributed by atoms with Crippen molar-refractivity contribution >= 4 is 0 Å². The molecule has 0 aromatic carbocycles. The molecule has 3 nitrogen and oxygen atoms in total. The second-order valence-electron chi connectivity index (χ2n) is 7.11. The number of rotatable bonds is 0. The topological polar surface area (TPSA) is 21.1 Å². The van der Waals surface area contributed by atoms with Crippen molar-refractivity contribution < 1.29 is 0 Å². The standard InChI is InChI=1S/C14H25N3/c1-13(2,3)11-12-15-7-8-16(12)9-10-17(11)14(4,5)6/h7-8,11H,9-10H2,1-6H3. The molecule has 0 spiro atoms. The molecule has 17 heavy (non-hydrogen) atoms. The van der Waals surface area contributed by atoms with E-state index in [4.69, 9.17) is 0 Å². The van der Waals surface area contributed by atoms with Crippen molar-refractivity contribution in [3.8, 4) is 0 Å². The van der Waals surface area contributed by atoms with Gasteiger partial charge in [0.25, 0.3) is 0 Å². The van der Waals surface area contributed by atoms with E-state index in [1.165, 1.54) is 5.82 Å². The van der Waals surface area contributed by atoms with Gasteiger partial charge >= 0.3 is 0 Å². The van der Waals surface area contributed by atoms with Gasteiger partial charge in [0.05, 0.1) is 6.04 Å². The quantitative estimate of drug-likeness (QED) is 0.689. The summed E-state index contributed by atoms with van der Waals surface area (Å²) in [6, 6.07) is 0.395. The highest BCUT2D eigenvalue weighted by atomic mass is 15.3. The summed E-state index contributed by atoms with van der Waals surface area (Å²) < 4.78 is 2.30. The van der Waals surface area contributed by atoms with Crippen LogP contribution in [0.25, 0.3) is 0 Å². The molecular weight excluding hydrogens is 210 g/mol. The second-order valence-corrected chi connectivity index (χ2v) is 7.11. The van der Waals surface area contributed by atoms with Crippen molar-refractivity contribution in [2.45, 2.75) is 59.7 Å². The van der Waals surface area contributed by atoms with Gasteiger partial charge < -0.3 is 4.57 Å². The lowest BCUT2D eigenvalue weighted by molar-refractivity contribution is -0.00415. The van der Waals surface area contributed by atoms with Gasteiger partial charge in [-0.25, -0.2) is 4.98 Å². The van der Waals surface area contributed by atoms with Crippen LogP contribution in [0.1, 0.15) is 53.4 Å². The summed E-state index contributed by atoms with van der Waals surface area (Å²) in [5.41, 5.74) is 0.395. The Labute approximate surface area is 105 Å². The lowest BCUT2D eigenvalue weighted by atomic mass is 9.82. The highest BCUT2D eigenvalue weighted by molar-refractivity contribution is 5.09. The number of fused-ring (bicyclic) bond motifs is 1. The van der Waals surface area contributed by atoms with E-state index in [9.17, 15) is 0 Å². The number of nitrogens with zero attached hydrogens (tertiary/aromatic N) is 3. The molecule has 1 aliphatic rings. The Balaban J connectivity index is 2.46. The molecule has 0 aliphatic carbocycles. The Morgan fingerprint density at radius 2 is 1.76 bits per heavy atom. The molecule has 1 atom stereocenters. The molecule has 96 valence electrons. The maximum atomic E-state index is 4.59. The average molecular weight is 235 g/mol. The third-order valence-electron chi connectivity index (χ3n) is 3.57. The van der Waals surface area contributed by atoms with Gasteiger partial charge in [0.15, 0.2) is 0 Å². The Kier molecular flexibility index (Phi) is 2.85. The molecule has 0 fully saturated rings. The molecule has 3 heteroatoms. The summed E-state index contributed by atoms with van der Waals surface area (Å²) in [6.07, 6.45) is 4.04. The SMILES string of the molecule is CC(C)(C)C1c2nccn2CCN1C(C)(C)C. The molecule has 2 rings (SSSR count). The minimum atomic E-state index is 0.190. The van der Waals surface area contributed by atoms with Crippen LogP contribution in [0.2, 0.25) is 0 Å². The number of aromatic nitrogens is 2. The first-order chi connectivity index (χ1) is 7.71. The van der Waals surface area contributed by atoms with Gasteiger partial charge in [-0.3, -0.25) is 4.90 Å². The monoisotopic (exact) mass is 235 g/mol. The van der Waals surface area contributed by atoms with Crippen molar-refractivity contribution in [1.82, 2.24) is 14.5 Å². The maximum absolute atomic E-state index is 4.59. The molecule has 0 saturated heterocycles. The number of imidazole rings is 1. The van der Waals surface area contributed by atoms with Crippen LogP contribution in [0.3, 0.4) is 0 Å². The smallest absolute Gasteiger partial charge is 0.126 e. The molecule has 0 amide bonds. The average Bonchev–Trinajstić information content (AvgIpc) is 2.59. The third-order valence-corrected chi connectivity index (χ3v) is 3.57. The van der Waals surface area contributed by atoms with Crippen molar-refractivity contribution in [3.63, 3.8) is 0 Å². The molecular formula is C14H25N3. The minimum absolute atomic E-state index is 0.190. The first-order valence-electron chi connectivity index (χ1n) is 6.49. The van der Waals surface area contributed by atoms with E-state index in [0.29, 0.717) is 6.04 Å². The van der Waals surface area contributed by atoms with Crippen LogP contribution in [0, 0.1) is 5.41 Å². The Morgan fingerprint density at radius 3 is 2.29 bits per heavy atom. The van der Waals surface area contributed by atoms with Crippen molar-refractivity contribution in [2.24, 2.45) is 5.41 Å². The highest BCUT2D eigenvalue weighted by Crippen LogP contribution is 2.42. The van der Waals surface area contributed by atoms with Gasteiger partial charge in [-0.1, -0.05) is 20.8 Å². The fourth-order valence-electron chi connectivity index (χ4n) is 2.82. The van der Waals surface area contributed by atoms with Crippen molar-refractivity contribution in [2.75, 3.05) is 6.54 Å². The molecule has 1 aliphatic heterocycles. The molecule has 2 heterocycles. The number of hydrogen-bond acceptors (Lipinski definition) is 2. The van der Waals surface area contributed by atoms with Crippen LogP contribution in [0.5, 0.6) is 0 Å². The summed E-state index contributed by atoms with van der Waals surface area (Å²) in [5.74, 6) is 1.22. The summed E-state index contributed by atoms with van der Waals surface area (Å²) in [6.45, 7) is 16.0. The van der Waals surface area contributed by atoms with Gasteiger partial charge in [0.1, 0.15) is 5.82 Å². The fraction of sp³-hybridized carbons (Fsp3) is 0.786. The van der Waals surface area contributed by atoms with E-state index in [1.807, 2.05) is 6.20 Å². The van der Waals surface area contributed by atoms with E-state index in [0.717, 1.165) is 13.1 Å². The fourth-order valence-corrected chi connectivity index (χ4v) is 2.82. The Hall–Kier alpha value is -0.830. The van der Waals surface area contributed by atoms with Crippen LogP contribution >= 0.6 is 0 Å². The molecule has 0 bridgehead atoms. The molecule has 1 aromatic heterocycles. The van der Waals surface area contributed by atoms with E-state index in [-0.39, 0.29) is 11.0 Å². The second kappa shape index (κ2) is 3.84. The molecule has 1 aromatic rings. The predicted octanol–water partition coefficient (Wildman–Crippen LogP) is 3.08. The van der Waals surface area contributed by atoms with E-state index in [1.54, 1.807) is 0 Å². The molecule has 0 radical (unpaired) electrons. The van der Waals surface area contributed by atoms with Crippen LogP contribution < -0.4 is 0 Å². The lowest BCUT2D eigenvalue weighted by Gasteiger charge is -2.49. The van der Waals surface area contributed by atoms with Gasteiger partial charge in [0, 0.05) is 31.0 Å². The maximum Gasteiger partial charge on any atom is 0.126 e. The molecule has 0 saturated carbocycles. The third kappa shape index (κ3) is 2.25. The first-order valence-corrected chi connectivity index (χ1v) is 6.49.